The molecule has 23 heavy (non-hydrogen) atoms. The molecule has 6 nitrogen and oxygen atoms in total. The minimum absolute atomic E-state index is 0.340. The Morgan fingerprint density at radius 2 is 1.91 bits per heavy atom. The zero-order chi connectivity index (χ0) is 16.9. The van der Waals surface area contributed by atoms with Gasteiger partial charge < -0.3 is 25.8 Å². The molecule has 4 N–H and O–H groups in total. The number of benzene rings is 1. The normalized spacial score (nSPS) is 20.3. The minimum atomic E-state index is -0.488. The molecular formula is C17H27N3O3. The summed E-state index contributed by atoms with van der Waals surface area (Å²) >= 11 is 0. The highest BCUT2D eigenvalue weighted by Gasteiger charge is 2.25. The maximum absolute atomic E-state index is 11.5. The Morgan fingerprint density at radius 3 is 2.48 bits per heavy atom. The summed E-state index contributed by atoms with van der Waals surface area (Å²) in [4.78, 5) is 11.5. The van der Waals surface area contributed by atoms with E-state index in [-0.39, 0.29) is 0 Å². The van der Waals surface area contributed by atoms with Crippen LogP contribution in [0.2, 0.25) is 0 Å². The van der Waals surface area contributed by atoms with Gasteiger partial charge in [-0.1, -0.05) is 0 Å². The number of rotatable bonds is 6. The van der Waals surface area contributed by atoms with Crippen LogP contribution in [0, 0.1) is 0 Å². The van der Waals surface area contributed by atoms with Gasteiger partial charge in [0.15, 0.2) is 0 Å². The van der Waals surface area contributed by atoms with Crippen molar-refractivity contribution in [3.05, 3.63) is 24.3 Å². The molecule has 0 saturated heterocycles. The molecule has 1 aliphatic carbocycles. The van der Waals surface area contributed by atoms with Gasteiger partial charge in [0.1, 0.15) is 18.0 Å². The summed E-state index contributed by atoms with van der Waals surface area (Å²) in [5.41, 5.74) is 6.35. The maximum atomic E-state index is 11.5. The molecule has 0 radical (unpaired) electrons. The first-order chi connectivity index (χ1) is 10.8. The van der Waals surface area contributed by atoms with Gasteiger partial charge in [0.25, 0.3) is 0 Å². The Hall–Kier alpha value is -1.95. The number of ether oxygens (including phenoxy) is 2. The van der Waals surface area contributed by atoms with Gasteiger partial charge in [-0.05, 0) is 57.9 Å². The van der Waals surface area contributed by atoms with Crippen LogP contribution in [0.25, 0.3) is 0 Å². The molecule has 0 spiro atoms. The van der Waals surface area contributed by atoms with Crippen LogP contribution >= 0.6 is 0 Å². The van der Waals surface area contributed by atoms with Gasteiger partial charge in [-0.15, -0.1) is 0 Å². The second kappa shape index (κ2) is 7.55. The van der Waals surface area contributed by atoms with Gasteiger partial charge in [-0.3, -0.25) is 0 Å². The van der Waals surface area contributed by atoms with Crippen molar-refractivity contribution in [2.45, 2.75) is 51.3 Å². The monoisotopic (exact) mass is 321 g/mol. The summed E-state index contributed by atoms with van der Waals surface area (Å²) < 4.78 is 10.7. The lowest BCUT2D eigenvalue weighted by molar-refractivity contribution is 0.0520. The SMILES string of the molecule is CC(C)(C)OC(=O)NCCOc1ccc(NC2CC(N)C2)cc1. The molecule has 1 amide bonds. The van der Waals surface area contributed by atoms with Gasteiger partial charge in [-0.2, -0.15) is 0 Å². The lowest BCUT2D eigenvalue weighted by atomic mass is 9.87. The molecular weight excluding hydrogens is 294 g/mol. The van der Waals surface area contributed by atoms with Crippen molar-refractivity contribution in [1.82, 2.24) is 5.32 Å². The van der Waals surface area contributed by atoms with Crippen molar-refractivity contribution < 1.29 is 14.3 Å². The standard InChI is InChI=1S/C17H27N3O3/c1-17(2,3)23-16(21)19-8-9-22-15-6-4-13(5-7-15)20-14-10-12(18)11-14/h4-7,12,14,20H,8-11,18H2,1-3H3,(H,19,21). The average Bonchev–Trinajstić information content (AvgIpc) is 2.42. The number of nitrogens with one attached hydrogen (secondary N) is 2. The Morgan fingerprint density at radius 1 is 1.26 bits per heavy atom. The number of anilines is 1. The van der Waals surface area contributed by atoms with Gasteiger partial charge in [0, 0.05) is 17.8 Å². The van der Waals surface area contributed by atoms with E-state index in [0.29, 0.717) is 25.2 Å². The predicted molar refractivity (Wildman–Crippen MR) is 90.8 cm³/mol. The van der Waals surface area contributed by atoms with E-state index in [1.54, 1.807) is 0 Å². The van der Waals surface area contributed by atoms with E-state index in [1.165, 1.54) is 0 Å². The van der Waals surface area contributed by atoms with Crippen molar-refractivity contribution >= 4 is 11.8 Å². The summed E-state index contributed by atoms with van der Waals surface area (Å²) in [5, 5.41) is 6.09. The van der Waals surface area contributed by atoms with E-state index in [9.17, 15) is 4.79 Å². The van der Waals surface area contributed by atoms with E-state index in [0.717, 1.165) is 24.3 Å². The van der Waals surface area contributed by atoms with E-state index in [1.807, 2.05) is 45.0 Å². The number of hydrogen-bond donors (Lipinski definition) is 3. The number of nitrogens with two attached hydrogens (primary N) is 1. The first-order valence-electron chi connectivity index (χ1n) is 8.04. The molecule has 0 atom stereocenters. The maximum Gasteiger partial charge on any atom is 0.407 e. The summed E-state index contributed by atoms with van der Waals surface area (Å²) in [6, 6.07) is 8.62. The smallest absolute Gasteiger partial charge is 0.407 e. The Kier molecular flexibility index (Phi) is 5.71. The quantitative estimate of drug-likeness (QED) is 0.701. The third kappa shape index (κ3) is 6.36. The zero-order valence-corrected chi connectivity index (χ0v) is 14.1. The van der Waals surface area contributed by atoms with E-state index >= 15 is 0 Å². The number of carbonyl (C=O) groups is 1. The molecule has 1 saturated carbocycles. The van der Waals surface area contributed by atoms with Crippen LogP contribution in [0.15, 0.2) is 24.3 Å². The summed E-state index contributed by atoms with van der Waals surface area (Å²) in [5.74, 6) is 0.770. The molecule has 0 unspecified atom stereocenters. The fraction of sp³-hybridized carbons (Fsp3) is 0.588. The van der Waals surface area contributed by atoms with Crippen molar-refractivity contribution in [3.8, 4) is 5.75 Å². The Labute approximate surface area is 137 Å². The van der Waals surface area contributed by atoms with Crippen molar-refractivity contribution in [3.63, 3.8) is 0 Å². The van der Waals surface area contributed by atoms with Crippen LogP contribution < -0.4 is 21.1 Å². The zero-order valence-electron chi connectivity index (χ0n) is 14.1. The van der Waals surface area contributed by atoms with Gasteiger partial charge in [-0.25, -0.2) is 4.79 Å². The van der Waals surface area contributed by atoms with Crippen molar-refractivity contribution in [1.29, 1.82) is 0 Å². The highest BCUT2D eigenvalue weighted by molar-refractivity contribution is 5.67. The second-order valence-corrected chi connectivity index (χ2v) is 6.87. The molecule has 0 bridgehead atoms. The highest BCUT2D eigenvalue weighted by atomic mass is 16.6. The molecule has 1 aromatic rings. The van der Waals surface area contributed by atoms with E-state index in [2.05, 4.69) is 10.6 Å². The number of amides is 1. The second-order valence-electron chi connectivity index (χ2n) is 6.87. The molecule has 6 heteroatoms. The van der Waals surface area contributed by atoms with Gasteiger partial charge in [0.2, 0.25) is 0 Å². The van der Waals surface area contributed by atoms with Crippen LogP contribution in [0.5, 0.6) is 5.75 Å². The molecule has 1 fully saturated rings. The summed E-state index contributed by atoms with van der Waals surface area (Å²) in [7, 11) is 0. The summed E-state index contributed by atoms with van der Waals surface area (Å²) in [6.45, 7) is 6.28. The fourth-order valence-corrected chi connectivity index (χ4v) is 2.30. The number of alkyl carbamates (subject to hydrolysis) is 1. The average molecular weight is 321 g/mol. The first kappa shape index (κ1) is 17.4. The molecule has 2 rings (SSSR count). The number of carbonyl (C=O) groups excluding carboxylic acids is 1. The fourth-order valence-electron chi connectivity index (χ4n) is 2.30. The lowest BCUT2D eigenvalue weighted by Gasteiger charge is -2.33. The van der Waals surface area contributed by atoms with E-state index in [4.69, 9.17) is 15.2 Å². The molecule has 0 aliphatic heterocycles. The first-order valence-corrected chi connectivity index (χ1v) is 8.04. The van der Waals surface area contributed by atoms with Crippen LogP contribution in [0.4, 0.5) is 10.5 Å². The molecule has 128 valence electrons. The van der Waals surface area contributed by atoms with Crippen LogP contribution in [-0.4, -0.2) is 36.9 Å². The molecule has 0 aromatic heterocycles. The highest BCUT2D eigenvalue weighted by Crippen LogP contribution is 2.23. The van der Waals surface area contributed by atoms with Crippen LogP contribution in [0.1, 0.15) is 33.6 Å². The molecule has 0 heterocycles. The van der Waals surface area contributed by atoms with Crippen molar-refractivity contribution in [2.24, 2.45) is 5.73 Å². The van der Waals surface area contributed by atoms with E-state index < -0.39 is 11.7 Å². The summed E-state index contributed by atoms with van der Waals surface area (Å²) in [6.07, 6.45) is 1.61. The van der Waals surface area contributed by atoms with Gasteiger partial charge >= 0.3 is 6.09 Å². The third-order valence-corrected chi connectivity index (χ3v) is 3.44. The molecule has 1 aliphatic rings. The van der Waals surface area contributed by atoms with Gasteiger partial charge in [0.05, 0.1) is 6.54 Å². The minimum Gasteiger partial charge on any atom is -0.492 e. The predicted octanol–water partition coefficient (Wildman–Crippen LogP) is 2.49. The van der Waals surface area contributed by atoms with Crippen LogP contribution in [-0.2, 0) is 4.74 Å². The largest absolute Gasteiger partial charge is 0.492 e. The Bertz CT molecular complexity index is 505. The lowest BCUT2D eigenvalue weighted by Crippen LogP contribution is -2.44. The van der Waals surface area contributed by atoms with Crippen LogP contribution in [0.3, 0.4) is 0 Å². The Balaban J connectivity index is 1.63. The molecule has 1 aromatic carbocycles. The van der Waals surface area contributed by atoms with Crippen molar-refractivity contribution in [2.75, 3.05) is 18.5 Å². The topological polar surface area (TPSA) is 85.6 Å². The third-order valence-electron chi connectivity index (χ3n) is 3.44. The number of hydrogen-bond acceptors (Lipinski definition) is 5.